The summed E-state index contributed by atoms with van der Waals surface area (Å²) in [5, 5.41) is 4.44. The van der Waals surface area contributed by atoms with Gasteiger partial charge >= 0.3 is 0 Å². The number of aromatic nitrogens is 2. The number of hydrogen-bond acceptors (Lipinski definition) is 2. The third-order valence-corrected chi connectivity index (χ3v) is 2.78. The molecular formula is C12H18N2O. The molecule has 3 nitrogen and oxygen atoms in total. The van der Waals surface area contributed by atoms with Crippen LogP contribution in [-0.2, 0) is 7.05 Å². The summed E-state index contributed by atoms with van der Waals surface area (Å²) >= 11 is 0. The smallest absolute Gasteiger partial charge is 0.212 e. The largest absolute Gasteiger partial charge is 0.473 e. The van der Waals surface area contributed by atoms with Crippen molar-refractivity contribution in [1.29, 1.82) is 0 Å². The Labute approximate surface area is 90.7 Å². The molecular weight excluding hydrogens is 188 g/mol. The molecule has 1 aliphatic carbocycles. The lowest BCUT2D eigenvalue weighted by Gasteiger charge is -2.05. The maximum atomic E-state index is 5.65. The number of aryl methyl sites for hydroxylation is 1. The van der Waals surface area contributed by atoms with E-state index in [-0.39, 0.29) is 0 Å². The summed E-state index contributed by atoms with van der Waals surface area (Å²) in [6.07, 6.45) is 3.52. The van der Waals surface area contributed by atoms with E-state index in [4.69, 9.17) is 4.74 Å². The first-order chi connectivity index (χ1) is 7.20. The average molecular weight is 206 g/mol. The summed E-state index contributed by atoms with van der Waals surface area (Å²) in [4.78, 5) is 0. The zero-order chi connectivity index (χ0) is 10.8. The normalized spacial score (nSPS) is 15.3. The molecule has 3 heteroatoms. The highest BCUT2D eigenvalue weighted by molar-refractivity contribution is 5.22. The lowest BCUT2D eigenvalue weighted by Crippen LogP contribution is -2.03. The van der Waals surface area contributed by atoms with Crippen molar-refractivity contribution >= 4 is 0 Å². The van der Waals surface area contributed by atoms with Gasteiger partial charge in [0.1, 0.15) is 6.61 Å². The van der Waals surface area contributed by atoms with Crippen LogP contribution in [0.2, 0.25) is 0 Å². The van der Waals surface area contributed by atoms with Gasteiger partial charge in [0.15, 0.2) is 0 Å². The lowest BCUT2D eigenvalue weighted by atomic mass is 10.2. The SMILES string of the molecule is C=C(CC)COc1cc(C2CC2)nn1C. The molecule has 0 radical (unpaired) electrons. The van der Waals surface area contributed by atoms with E-state index in [1.54, 1.807) is 0 Å². The van der Waals surface area contributed by atoms with Gasteiger partial charge in [-0.3, -0.25) is 0 Å². The zero-order valence-corrected chi connectivity index (χ0v) is 9.49. The number of hydrogen-bond donors (Lipinski definition) is 0. The molecule has 1 heterocycles. The first-order valence-electron chi connectivity index (χ1n) is 5.54. The van der Waals surface area contributed by atoms with Crippen molar-refractivity contribution in [3.8, 4) is 5.88 Å². The molecule has 1 saturated carbocycles. The molecule has 0 atom stereocenters. The standard InChI is InChI=1S/C12H18N2O/c1-4-9(2)8-15-12-7-11(10-5-6-10)13-14(12)3/h7,10H,2,4-6,8H2,1,3H3. The van der Waals surface area contributed by atoms with Gasteiger partial charge in [-0.2, -0.15) is 5.10 Å². The topological polar surface area (TPSA) is 27.1 Å². The fourth-order valence-electron chi connectivity index (χ4n) is 1.46. The highest BCUT2D eigenvalue weighted by Gasteiger charge is 2.27. The average Bonchev–Trinajstić information content (AvgIpc) is 3.00. The quantitative estimate of drug-likeness (QED) is 0.692. The Hall–Kier alpha value is -1.25. The molecule has 1 aromatic rings. The second-order valence-corrected chi connectivity index (χ2v) is 4.20. The van der Waals surface area contributed by atoms with Crippen LogP contribution in [0.15, 0.2) is 18.2 Å². The van der Waals surface area contributed by atoms with E-state index in [1.807, 2.05) is 11.7 Å². The maximum Gasteiger partial charge on any atom is 0.212 e. The van der Waals surface area contributed by atoms with Crippen LogP contribution >= 0.6 is 0 Å². The van der Waals surface area contributed by atoms with Gasteiger partial charge in [0.2, 0.25) is 5.88 Å². The van der Waals surface area contributed by atoms with Gasteiger partial charge in [-0.1, -0.05) is 13.5 Å². The van der Waals surface area contributed by atoms with E-state index in [0.717, 1.165) is 17.9 Å². The summed E-state index contributed by atoms with van der Waals surface area (Å²) < 4.78 is 7.47. The molecule has 2 rings (SSSR count). The van der Waals surface area contributed by atoms with Crippen LogP contribution in [0.3, 0.4) is 0 Å². The van der Waals surface area contributed by atoms with Crippen molar-refractivity contribution < 1.29 is 4.74 Å². The van der Waals surface area contributed by atoms with Crippen molar-refractivity contribution in [2.45, 2.75) is 32.1 Å². The third-order valence-electron chi connectivity index (χ3n) is 2.78. The minimum atomic E-state index is 0.597. The Morgan fingerprint density at radius 3 is 3.00 bits per heavy atom. The molecule has 1 aromatic heterocycles. The van der Waals surface area contributed by atoms with E-state index in [9.17, 15) is 0 Å². The highest BCUT2D eigenvalue weighted by atomic mass is 16.5. The third kappa shape index (κ3) is 2.41. The van der Waals surface area contributed by atoms with Crippen molar-refractivity contribution in [1.82, 2.24) is 9.78 Å². The van der Waals surface area contributed by atoms with Gasteiger partial charge in [0, 0.05) is 19.0 Å². The van der Waals surface area contributed by atoms with Gasteiger partial charge < -0.3 is 4.74 Å². The molecule has 0 aliphatic heterocycles. The summed E-state index contributed by atoms with van der Waals surface area (Å²) in [5.41, 5.74) is 2.29. The summed E-state index contributed by atoms with van der Waals surface area (Å²) in [7, 11) is 1.93. The minimum Gasteiger partial charge on any atom is -0.473 e. The molecule has 0 N–H and O–H groups in total. The second kappa shape index (κ2) is 4.09. The van der Waals surface area contributed by atoms with Crippen molar-refractivity contribution in [2.75, 3.05) is 6.61 Å². The fourth-order valence-corrected chi connectivity index (χ4v) is 1.46. The molecule has 0 bridgehead atoms. The number of nitrogens with zero attached hydrogens (tertiary/aromatic N) is 2. The van der Waals surface area contributed by atoms with Crippen molar-refractivity contribution in [3.63, 3.8) is 0 Å². The van der Waals surface area contributed by atoms with Gasteiger partial charge in [-0.15, -0.1) is 0 Å². The molecule has 0 spiro atoms. The van der Waals surface area contributed by atoms with E-state index in [2.05, 4.69) is 24.7 Å². The Bertz CT molecular complexity index is 364. The van der Waals surface area contributed by atoms with Crippen molar-refractivity contribution in [2.24, 2.45) is 7.05 Å². The Morgan fingerprint density at radius 2 is 2.40 bits per heavy atom. The van der Waals surface area contributed by atoms with Gasteiger partial charge in [0.25, 0.3) is 0 Å². The van der Waals surface area contributed by atoms with Crippen LogP contribution in [0.25, 0.3) is 0 Å². The van der Waals surface area contributed by atoms with Crippen LogP contribution < -0.4 is 4.74 Å². The van der Waals surface area contributed by atoms with Crippen LogP contribution in [0.5, 0.6) is 5.88 Å². The number of ether oxygens (including phenoxy) is 1. The predicted molar refractivity (Wildman–Crippen MR) is 60.1 cm³/mol. The summed E-state index contributed by atoms with van der Waals surface area (Å²) in [5.74, 6) is 1.54. The lowest BCUT2D eigenvalue weighted by molar-refractivity contribution is 0.317. The molecule has 1 aliphatic rings. The Morgan fingerprint density at radius 1 is 1.67 bits per heavy atom. The second-order valence-electron chi connectivity index (χ2n) is 4.20. The first-order valence-corrected chi connectivity index (χ1v) is 5.54. The predicted octanol–water partition coefficient (Wildman–Crippen LogP) is 2.64. The molecule has 0 unspecified atom stereocenters. The van der Waals surface area contributed by atoms with Crippen LogP contribution in [0.4, 0.5) is 0 Å². The fraction of sp³-hybridized carbons (Fsp3) is 0.583. The van der Waals surface area contributed by atoms with E-state index in [1.165, 1.54) is 18.5 Å². The highest BCUT2D eigenvalue weighted by Crippen LogP contribution is 2.40. The van der Waals surface area contributed by atoms with E-state index >= 15 is 0 Å². The van der Waals surface area contributed by atoms with Crippen LogP contribution in [0.1, 0.15) is 37.8 Å². The molecule has 0 amide bonds. The van der Waals surface area contributed by atoms with E-state index < -0.39 is 0 Å². The van der Waals surface area contributed by atoms with Crippen LogP contribution in [0, 0.1) is 0 Å². The molecule has 0 aromatic carbocycles. The molecule has 82 valence electrons. The van der Waals surface area contributed by atoms with Gasteiger partial charge in [-0.25, -0.2) is 4.68 Å². The molecule has 1 fully saturated rings. The van der Waals surface area contributed by atoms with Gasteiger partial charge in [-0.05, 0) is 24.8 Å². The minimum absolute atomic E-state index is 0.597. The maximum absolute atomic E-state index is 5.65. The van der Waals surface area contributed by atoms with Crippen molar-refractivity contribution in [3.05, 3.63) is 23.9 Å². The monoisotopic (exact) mass is 206 g/mol. The zero-order valence-electron chi connectivity index (χ0n) is 9.49. The summed E-state index contributed by atoms with van der Waals surface area (Å²) in [6.45, 7) is 6.60. The first kappa shape index (κ1) is 10.3. The number of rotatable bonds is 5. The van der Waals surface area contributed by atoms with Gasteiger partial charge in [0.05, 0.1) is 5.69 Å². The Kier molecular flexibility index (Phi) is 2.80. The molecule has 0 saturated heterocycles. The van der Waals surface area contributed by atoms with E-state index in [0.29, 0.717) is 12.5 Å². The summed E-state index contributed by atoms with van der Waals surface area (Å²) in [6, 6.07) is 2.06. The van der Waals surface area contributed by atoms with Crippen LogP contribution in [-0.4, -0.2) is 16.4 Å². The Balaban J connectivity index is 1.98. The molecule has 15 heavy (non-hydrogen) atoms.